The Balaban J connectivity index is 3.90. The van der Waals surface area contributed by atoms with Crippen molar-refractivity contribution in [1.82, 2.24) is 26.6 Å². The molecule has 0 aliphatic carbocycles. The van der Waals surface area contributed by atoms with Crippen molar-refractivity contribution in [2.75, 3.05) is 40.8 Å². The number of nitrogens with one attached hydrogen (secondary N) is 5. The molecule has 0 spiro atoms. The summed E-state index contributed by atoms with van der Waals surface area (Å²) in [7, 11) is 5.11. The van der Waals surface area contributed by atoms with Crippen LogP contribution in [0.15, 0.2) is 0 Å². The van der Waals surface area contributed by atoms with Gasteiger partial charge in [-0.2, -0.15) is 0 Å². The van der Waals surface area contributed by atoms with Crippen LogP contribution in [0.25, 0.3) is 0 Å². The van der Waals surface area contributed by atoms with E-state index >= 15 is 0 Å². The van der Waals surface area contributed by atoms with Gasteiger partial charge in [0.25, 0.3) is 0 Å². The van der Waals surface area contributed by atoms with Gasteiger partial charge in [-0.05, 0) is 34.0 Å². The summed E-state index contributed by atoms with van der Waals surface area (Å²) in [4.78, 5) is 34.2. The maximum Gasteiger partial charge on any atom is 0.303 e. The lowest BCUT2D eigenvalue weighted by Crippen LogP contribution is -2.48. The van der Waals surface area contributed by atoms with Gasteiger partial charge in [0.2, 0.25) is 11.8 Å². The van der Waals surface area contributed by atoms with Crippen LogP contribution in [0.1, 0.15) is 19.3 Å². The topological polar surface area (TPSA) is 132 Å². The summed E-state index contributed by atoms with van der Waals surface area (Å²) in [5, 5.41) is 22.8. The smallest absolute Gasteiger partial charge is 0.303 e. The van der Waals surface area contributed by atoms with Crippen LogP contribution in [-0.4, -0.2) is 75.8 Å². The second kappa shape index (κ2) is 12.8. The Morgan fingerprint density at radius 1 is 0.913 bits per heavy atom. The fourth-order valence-corrected chi connectivity index (χ4v) is 1.96. The minimum atomic E-state index is -0.929. The largest absolute Gasteiger partial charge is 0.481 e. The summed E-state index contributed by atoms with van der Waals surface area (Å²) in [6, 6.07) is -0.815. The second-order valence-corrected chi connectivity index (χ2v) is 5.11. The van der Waals surface area contributed by atoms with Crippen molar-refractivity contribution < 1.29 is 19.5 Å². The number of carbonyl (C=O) groups excluding carboxylic acids is 2. The molecule has 9 nitrogen and oxygen atoms in total. The molecule has 0 aromatic heterocycles. The molecule has 2 atom stereocenters. The highest BCUT2D eigenvalue weighted by Gasteiger charge is 2.17. The first-order valence-corrected chi connectivity index (χ1v) is 7.72. The molecular weight excluding hydrogens is 302 g/mol. The second-order valence-electron chi connectivity index (χ2n) is 5.11. The van der Waals surface area contributed by atoms with E-state index in [1.54, 1.807) is 21.1 Å². The first kappa shape index (κ1) is 21.3. The molecule has 0 fully saturated rings. The fourth-order valence-electron chi connectivity index (χ4n) is 1.96. The fraction of sp³-hybridized carbons (Fsp3) is 0.786. The van der Waals surface area contributed by atoms with E-state index < -0.39 is 12.0 Å². The van der Waals surface area contributed by atoms with Crippen molar-refractivity contribution in [3.05, 3.63) is 0 Å². The number of carboxylic acids is 1. The van der Waals surface area contributed by atoms with Crippen molar-refractivity contribution in [2.24, 2.45) is 0 Å². The van der Waals surface area contributed by atoms with Crippen LogP contribution in [0.5, 0.6) is 0 Å². The van der Waals surface area contributed by atoms with Crippen LogP contribution in [0, 0.1) is 0 Å². The molecule has 23 heavy (non-hydrogen) atoms. The Morgan fingerprint density at radius 3 is 1.87 bits per heavy atom. The van der Waals surface area contributed by atoms with E-state index in [0.717, 1.165) is 0 Å². The van der Waals surface area contributed by atoms with Crippen LogP contribution < -0.4 is 26.6 Å². The molecule has 0 radical (unpaired) electrons. The van der Waals surface area contributed by atoms with Crippen molar-refractivity contribution in [3.63, 3.8) is 0 Å². The van der Waals surface area contributed by atoms with Crippen molar-refractivity contribution in [2.45, 2.75) is 31.3 Å². The number of hydrogen-bond acceptors (Lipinski definition) is 6. The highest BCUT2D eigenvalue weighted by molar-refractivity contribution is 5.82. The molecule has 0 aromatic rings. The minimum Gasteiger partial charge on any atom is -0.481 e. The van der Waals surface area contributed by atoms with Gasteiger partial charge in [0.15, 0.2) is 0 Å². The average Bonchev–Trinajstić information content (AvgIpc) is 2.52. The lowest BCUT2D eigenvalue weighted by molar-refractivity contribution is -0.137. The summed E-state index contributed by atoms with van der Waals surface area (Å²) in [5.41, 5.74) is 0. The SMILES string of the molecule is CNC[C@H](NC)C(=O)NCCCNC(=O)[C@H](CCC(=O)O)NC. The van der Waals surface area contributed by atoms with Crippen LogP contribution >= 0.6 is 0 Å². The van der Waals surface area contributed by atoms with Gasteiger partial charge < -0.3 is 31.7 Å². The van der Waals surface area contributed by atoms with E-state index in [2.05, 4.69) is 26.6 Å². The van der Waals surface area contributed by atoms with Crippen molar-refractivity contribution >= 4 is 17.8 Å². The zero-order chi connectivity index (χ0) is 17.7. The normalized spacial score (nSPS) is 13.2. The predicted molar refractivity (Wildman–Crippen MR) is 87.1 cm³/mol. The number of amides is 2. The molecule has 0 heterocycles. The third kappa shape index (κ3) is 9.82. The first-order valence-electron chi connectivity index (χ1n) is 7.72. The molecule has 0 aliphatic heterocycles. The number of aliphatic carboxylic acids is 1. The van der Waals surface area contributed by atoms with Gasteiger partial charge in [-0.3, -0.25) is 14.4 Å². The molecule has 0 aliphatic rings. The summed E-state index contributed by atoms with van der Waals surface area (Å²) in [5.74, 6) is -1.26. The molecule has 0 saturated carbocycles. The Bertz CT molecular complexity index is 378. The number of hydrogen-bond donors (Lipinski definition) is 6. The Morgan fingerprint density at radius 2 is 1.43 bits per heavy atom. The van der Waals surface area contributed by atoms with E-state index in [1.165, 1.54) is 0 Å². The van der Waals surface area contributed by atoms with Gasteiger partial charge in [0.1, 0.15) is 0 Å². The van der Waals surface area contributed by atoms with Crippen LogP contribution in [0.4, 0.5) is 0 Å². The standard InChI is InChI=1S/C14H29N5O4/c1-15-9-11(17-3)14(23)19-8-4-7-18-13(22)10(16-2)5-6-12(20)21/h10-11,15-17H,4-9H2,1-3H3,(H,18,22)(H,19,23)(H,20,21)/t10-,11-/m0/s1. The van der Waals surface area contributed by atoms with E-state index in [4.69, 9.17) is 5.11 Å². The number of carboxylic acid groups (broad SMARTS) is 1. The van der Waals surface area contributed by atoms with Crippen molar-refractivity contribution in [3.8, 4) is 0 Å². The summed E-state index contributed by atoms with van der Waals surface area (Å²) >= 11 is 0. The highest BCUT2D eigenvalue weighted by Crippen LogP contribution is 1.97. The van der Waals surface area contributed by atoms with E-state index in [-0.39, 0.29) is 30.7 Å². The van der Waals surface area contributed by atoms with Gasteiger partial charge >= 0.3 is 5.97 Å². The lowest BCUT2D eigenvalue weighted by atomic mass is 10.1. The maximum absolute atomic E-state index is 11.9. The van der Waals surface area contributed by atoms with Crippen molar-refractivity contribution in [1.29, 1.82) is 0 Å². The van der Waals surface area contributed by atoms with Crippen LogP contribution in [0.3, 0.4) is 0 Å². The minimum absolute atomic E-state index is 0.0636. The maximum atomic E-state index is 11.9. The molecule has 6 N–H and O–H groups in total. The van der Waals surface area contributed by atoms with Crippen LogP contribution in [-0.2, 0) is 14.4 Å². The molecule has 0 aromatic carbocycles. The summed E-state index contributed by atoms with van der Waals surface area (Å²) < 4.78 is 0. The Hall–Kier alpha value is -1.71. The number of likely N-dealkylation sites (N-methyl/N-ethyl adjacent to an activating group) is 3. The van der Waals surface area contributed by atoms with Gasteiger partial charge in [-0.15, -0.1) is 0 Å². The molecule has 0 bridgehead atoms. The predicted octanol–water partition coefficient (Wildman–Crippen LogP) is -2.13. The number of rotatable bonds is 13. The van der Waals surface area contributed by atoms with Crippen LogP contribution in [0.2, 0.25) is 0 Å². The highest BCUT2D eigenvalue weighted by atomic mass is 16.4. The van der Waals surface area contributed by atoms with Gasteiger partial charge in [0.05, 0.1) is 12.1 Å². The third-order valence-electron chi connectivity index (χ3n) is 3.34. The molecule has 2 amide bonds. The van der Waals surface area contributed by atoms with Gasteiger partial charge in [-0.1, -0.05) is 0 Å². The van der Waals surface area contributed by atoms with E-state index in [1.807, 2.05) is 0 Å². The van der Waals surface area contributed by atoms with E-state index in [9.17, 15) is 14.4 Å². The first-order chi connectivity index (χ1) is 11.0. The lowest BCUT2D eigenvalue weighted by Gasteiger charge is -2.16. The molecule has 134 valence electrons. The molecular formula is C14H29N5O4. The van der Waals surface area contributed by atoms with Gasteiger partial charge in [0, 0.05) is 26.1 Å². The van der Waals surface area contributed by atoms with Gasteiger partial charge in [-0.25, -0.2) is 0 Å². The summed E-state index contributed by atoms with van der Waals surface area (Å²) in [6.45, 7) is 1.41. The Labute approximate surface area is 137 Å². The average molecular weight is 331 g/mol. The number of carbonyl (C=O) groups is 3. The molecule has 0 unspecified atom stereocenters. The Kier molecular flexibility index (Phi) is 11.8. The van der Waals surface area contributed by atoms with E-state index in [0.29, 0.717) is 26.1 Å². The zero-order valence-corrected chi connectivity index (χ0v) is 14.1. The molecule has 9 heteroatoms. The monoisotopic (exact) mass is 331 g/mol. The summed E-state index contributed by atoms with van der Waals surface area (Å²) in [6.07, 6.45) is 0.775. The third-order valence-corrected chi connectivity index (χ3v) is 3.34. The molecule has 0 saturated heterocycles. The quantitative estimate of drug-likeness (QED) is 0.212. The molecule has 0 rings (SSSR count). The zero-order valence-electron chi connectivity index (χ0n) is 14.1.